The molecule has 0 aliphatic carbocycles. The molecular formula is C6H7NO4. The smallest absolute Gasteiger partial charge is 0.315 e. The molecule has 1 atom stereocenters. The van der Waals surface area contributed by atoms with E-state index >= 15 is 0 Å². The van der Waals surface area contributed by atoms with Gasteiger partial charge in [-0.3, -0.25) is 14.9 Å². The molecule has 0 aromatic heterocycles. The highest BCUT2D eigenvalue weighted by Gasteiger charge is 2.05. The predicted molar refractivity (Wildman–Crippen MR) is 36.5 cm³/mol. The average Bonchev–Trinajstić information content (AvgIpc) is 1.86. The van der Waals surface area contributed by atoms with Crippen molar-refractivity contribution in [2.45, 2.75) is 19.4 Å². The van der Waals surface area contributed by atoms with Crippen molar-refractivity contribution in [3.63, 3.8) is 0 Å². The number of carboxylic acid groups (broad SMARTS) is 1. The van der Waals surface area contributed by atoms with Gasteiger partial charge < -0.3 is 5.11 Å². The highest BCUT2D eigenvalue weighted by atomic mass is 16.6. The van der Waals surface area contributed by atoms with Crippen molar-refractivity contribution in [1.29, 1.82) is 0 Å². The van der Waals surface area contributed by atoms with E-state index in [0.717, 1.165) is 0 Å². The lowest BCUT2D eigenvalue weighted by Crippen LogP contribution is -2.11. The van der Waals surface area contributed by atoms with E-state index in [1.54, 1.807) is 0 Å². The molecule has 0 aliphatic heterocycles. The summed E-state index contributed by atoms with van der Waals surface area (Å²) in [7, 11) is 0. The Morgan fingerprint density at radius 2 is 2.36 bits per heavy atom. The summed E-state index contributed by atoms with van der Waals surface area (Å²) < 4.78 is 0. The van der Waals surface area contributed by atoms with Crippen molar-refractivity contribution < 1.29 is 14.8 Å². The molecule has 60 valence electrons. The Hall–Kier alpha value is -1.57. The Bertz CT molecular complexity index is 224. The molecule has 1 unspecified atom stereocenters. The van der Waals surface area contributed by atoms with Crippen LogP contribution in [0.5, 0.6) is 0 Å². The summed E-state index contributed by atoms with van der Waals surface area (Å²) >= 11 is 0. The Labute approximate surface area is 63.2 Å². The van der Waals surface area contributed by atoms with Crippen molar-refractivity contribution in [1.82, 2.24) is 0 Å². The maximum atomic E-state index is 9.93. The monoisotopic (exact) mass is 157 g/mol. The topological polar surface area (TPSA) is 80.4 Å². The van der Waals surface area contributed by atoms with Crippen LogP contribution in [0.1, 0.15) is 13.3 Å². The molecule has 0 saturated carbocycles. The van der Waals surface area contributed by atoms with Crippen LogP contribution in [0.15, 0.2) is 0 Å². The molecule has 11 heavy (non-hydrogen) atoms. The standard InChI is InChI=1S/C6H7NO4/c1-5(7(10)11)3-2-4-6(8)9/h5H,4H2,1H3,(H,8,9). The van der Waals surface area contributed by atoms with Gasteiger partial charge in [0.2, 0.25) is 0 Å². The molecule has 0 spiro atoms. The fourth-order valence-corrected chi connectivity index (χ4v) is 0.327. The van der Waals surface area contributed by atoms with Crippen LogP contribution in [-0.2, 0) is 4.79 Å². The second kappa shape index (κ2) is 4.28. The van der Waals surface area contributed by atoms with E-state index in [4.69, 9.17) is 5.11 Å². The van der Waals surface area contributed by atoms with Crippen molar-refractivity contribution in [2.24, 2.45) is 0 Å². The van der Waals surface area contributed by atoms with Crippen LogP contribution in [0.4, 0.5) is 0 Å². The number of nitro groups is 1. The number of carbonyl (C=O) groups is 1. The molecule has 0 aromatic carbocycles. The summed E-state index contributed by atoms with van der Waals surface area (Å²) in [4.78, 5) is 19.2. The first-order valence-corrected chi connectivity index (χ1v) is 2.87. The third kappa shape index (κ3) is 4.90. The molecule has 0 rings (SSSR count). The summed E-state index contributed by atoms with van der Waals surface area (Å²) in [6, 6.07) is -0.991. The first kappa shape index (κ1) is 9.43. The van der Waals surface area contributed by atoms with E-state index in [2.05, 4.69) is 11.8 Å². The van der Waals surface area contributed by atoms with E-state index in [1.165, 1.54) is 6.92 Å². The predicted octanol–water partition coefficient (Wildman–Crippen LogP) is 0.130. The second-order valence-corrected chi connectivity index (χ2v) is 1.85. The summed E-state index contributed by atoms with van der Waals surface area (Å²) in [6.45, 7) is 1.30. The van der Waals surface area contributed by atoms with Gasteiger partial charge in [-0.25, -0.2) is 0 Å². The number of rotatable bonds is 2. The molecular weight excluding hydrogens is 150 g/mol. The summed E-state index contributed by atoms with van der Waals surface area (Å²) in [5, 5.41) is 18.0. The summed E-state index contributed by atoms with van der Waals surface area (Å²) in [5.41, 5.74) is 0. The molecule has 0 radical (unpaired) electrons. The second-order valence-electron chi connectivity index (χ2n) is 1.85. The molecule has 0 aliphatic rings. The third-order valence-corrected chi connectivity index (χ3v) is 0.867. The van der Waals surface area contributed by atoms with Crippen molar-refractivity contribution in [3.8, 4) is 11.8 Å². The molecule has 0 heterocycles. The highest BCUT2D eigenvalue weighted by molar-refractivity contribution is 5.69. The summed E-state index contributed by atoms with van der Waals surface area (Å²) in [5.74, 6) is 3.28. The van der Waals surface area contributed by atoms with Gasteiger partial charge in [0, 0.05) is 11.8 Å². The van der Waals surface area contributed by atoms with Gasteiger partial charge in [-0.1, -0.05) is 5.92 Å². The molecule has 0 aromatic rings. The number of carboxylic acids is 1. The van der Waals surface area contributed by atoms with Gasteiger partial charge in [-0.2, -0.15) is 0 Å². The minimum absolute atomic E-state index is 0.349. The molecule has 5 nitrogen and oxygen atoms in total. The van der Waals surface area contributed by atoms with Gasteiger partial charge in [0.05, 0.1) is 0 Å². The Kier molecular flexibility index (Phi) is 3.67. The molecule has 5 heteroatoms. The van der Waals surface area contributed by atoms with Crippen molar-refractivity contribution in [3.05, 3.63) is 10.1 Å². The van der Waals surface area contributed by atoms with Crippen LogP contribution < -0.4 is 0 Å². The Morgan fingerprint density at radius 1 is 1.82 bits per heavy atom. The van der Waals surface area contributed by atoms with Crippen molar-refractivity contribution in [2.75, 3.05) is 0 Å². The third-order valence-electron chi connectivity index (χ3n) is 0.867. The van der Waals surface area contributed by atoms with E-state index in [-0.39, 0.29) is 6.42 Å². The van der Waals surface area contributed by atoms with Crippen LogP contribution in [0.25, 0.3) is 0 Å². The highest BCUT2D eigenvalue weighted by Crippen LogP contribution is 1.84. The Balaban J connectivity index is 3.87. The minimum Gasteiger partial charge on any atom is -0.481 e. The normalized spacial score (nSPS) is 11.0. The van der Waals surface area contributed by atoms with Gasteiger partial charge in [-0.15, -0.1) is 0 Å². The van der Waals surface area contributed by atoms with Gasteiger partial charge in [0.25, 0.3) is 6.04 Å². The molecule has 1 N–H and O–H groups in total. The number of hydrogen-bond donors (Lipinski definition) is 1. The van der Waals surface area contributed by atoms with Crippen molar-refractivity contribution >= 4 is 5.97 Å². The van der Waals surface area contributed by atoms with Crippen LogP contribution in [0, 0.1) is 22.0 Å². The van der Waals surface area contributed by atoms with Crippen LogP contribution in [0.2, 0.25) is 0 Å². The van der Waals surface area contributed by atoms with Gasteiger partial charge in [-0.05, 0) is 5.92 Å². The first-order valence-electron chi connectivity index (χ1n) is 2.87. The van der Waals surface area contributed by atoms with E-state index in [9.17, 15) is 14.9 Å². The lowest BCUT2D eigenvalue weighted by Gasteiger charge is -1.90. The van der Waals surface area contributed by atoms with Crippen LogP contribution >= 0.6 is 0 Å². The van der Waals surface area contributed by atoms with Crippen LogP contribution in [0.3, 0.4) is 0 Å². The summed E-state index contributed by atoms with van der Waals surface area (Å²) in [6.07, 6.45) is -0.349. The fraction of sp³-hybridized carbons (Fsp3) is 0.500. The van der Waals surface area contributed by atoms with E-state index < -0.39 is 16.9 Å². The largest absolute Gasteiger partial charge is 0.481 e. The zero-order valence-corrected chi connectivity index (χ0v) is 5.90. The lowest BCUT2D eigenvalue weighted by molar-refractivity contribution is -0.502. The average molecular weight is 157 g/mol. The minimum atomic E-state index is -1.08. The zero-order chi connectivity index (χ0) is 8.85. The van der Waals surface area contributed by atoms with Gasteiger partial charge in [0.15, 0.2) is 0 Å². The number of aliphatic carboxylic acids is 1. The molecule has 0 bridgehead atoms. The molecule has 0 amide bonds. The Morgan fingerprint density at radius 3 is 2.73 bits per heavy atom. The quantitative estimate of drug-likeness (QED) is 0.351. The SMILES string of the molecule is CC(C#CCC(=O)O)[N+](=O)[O-]. The van der Waals surface area contributed by atoms with Crippen LogP contribution in [-0.4, -0.2) is 22.0 Å². The maximum absolute atomic E-state index is 9.93. The first-order chi connectivity index (χ1) is 5.04. The fourth-order valence-electron chi connectivity index (χ4n) is 0.327. The number of hydrogen-bond acceptors (Lipinski definition) is 3. The molecule has 0 fully saturated rings. The van der Waals surface area contributed by atoms with Gasteiger partial charge in [0.1, 0.15) is 6.42 Å². The van der Waals surface area contributed by atoms with E-state index in [0.29, 0.717) is 0 Å². The zero-order valence-electron chi connectivity index (χ0n) is 5.90. The maximum Gasteiger partial charge on any atom is 0.315 e. The lowest BCUT2D eigenvalue weighted by atomic mass is 10.3. The molecule has 0 saturated heterocycles. The van der Waals surface area contributed by atoms with E-state index in [1.807, 2.05) is 0 Å². The van der Waals surface area contributed by atoms with Gasteiger partial charge >= 0.3 is 5.97 Å². The number of nitrogens with zero attached hydrogens (tertiary/aromatic N) is 1.